The largest absolute Gasteiger partial charge is 0.463 e. The molecule has 0 aromatic carbocycles. The SMILES string of the molecule is CBOC(C)/C=C/C(=O)OCC. The van der Waals surface area contributed by atoms with E-state index in [0.717, 1.165) is 0 Å². The highest BCUT2D eigenvalue weighted by molar-refractivity contribution is 6.24. The van der Waals surface area contributed by atoms with Crippen molar-refractivity contribution in [3.05, 3.63) is 12.2 Å². The van der Waals surface area contributed by atoms with Crippen LogP contribution in [-0.2, 0) is 14.2 Å². The lowest BCUT2D eigenvalue weighted by molar-refractivity contribution is -0.137. The first-order valence-corrected chi connectivity index (χ1v) is 4.17. The van der Waals surface area contributed by atoms with Crippen LogP contribution in [0.2, 0.25) is 6.82 Å². The van der Waals surface area contributed by atoms with Gasteiger partial charge < -0.3 is 9.39 Å². The van der Waals surface area contributed by atoms with Crippen LogP contribution in [-0.4, -0.2) is 26.2 Å². The second kappa shape index (κ2) is 6.92. The summed E-state index contributed by atoms with van der Waals surface area (Å²) in [5.74, 6) is -0.316. The molecule has 4 heteroatoms. The Kier molecular flexibility index (Phi) is 6.47. The van der Waals surface area contributed by atoms with Crippen LogP contribution in [0, 0.1) is 0 Å². The smallest absolute Gasteiger partial charge is 0.330 e. The van der Waals surface area contributed by atoms with Gasteiger partial charge in [0.1, 0.15) is 0 Å². The van der Waals surface area contributed by atoms with Gasteiger partial charge in [-0.2, -0.15) is 0 Å². The van der Waals surface area contributed by atoms with E-state index in [1.54, 1.807) is 13.0 Å². The van der Waals surface area contributed by atoms with Crippen molar-refractivity contribution >= 4 is 13.5 Å². The Labute approximate surface area is 74.0 Å². The van der Waals surface area contributed by atoms with Crippen LogP contribution >= 0.6 is 0 Å². The van der Waals surface area contributed by atoms with Crippen molar-refractivity contribution in [2.75, 3.05) is 6.61 Å². The molecule has 0 N–H and O–H groups in total. The lowest BCUT2D eigenvalue weighted by Gasteiger charge is -2.04. The molecule has 0 rings (SSSR count). The maximum absolute atomic E-state index is 10.8. The Morgan fingerprint density at radius 1 is 1.67 bits per heavy atom. The van der Waals surface area contributed by atoms with Crippen molar-refractivity contribution in [1.29, 1.82) is 0 Å². The van der Waals surface area contributed by atoms with Gasteiger partial charge in [-0.25, -0.2) is 4.79 Å². The van der Waals surface area contributed by atoms with E-state index in [0.29, 0.717) is 14.1 Å². The molecule has 1 atom stereocenters. The zero-order valence-electron chi connectivity index (χ0n) is 7.87. The van der Waals surface area contributed by atoms with Gasteiger partial charge >= 0.3 is 5.97 Å². The minimum atomic E-state index is -0.316. The average Bonchev–Trinajstić information content (AvgIpc) is 2.02. The quantitative estimate of drug-likeness (QED) is 0.349. The predicted octanol–water partition coefficient (Wildman–Crippen LogP) is 0.910. The first kappa shape index (κ1) is 11.2. The normalized spacial score (nSPS) is 12.9. The van der Waals surface area contributed by atoms with Crippen molar-refractivity contribution in [1.82, 2.24) is 0 Å². The minimum Gasteiger partial charge on any atom is -0.463 e. The molecule has 3 nitrogen and oxygen atoms in total. The molecule has 0 aromatic rings. The molecule has 0 amide bonds. The van der Waals surface area contributed by atoms with Gasteiger partial charge in [-0.3, -0.25) is 0 Å². The van der Waals surface area contributed by atoms with Crippen molar-refractivity contribution in [2.24, 2.45) is 0 Å². The highest BCUT2D eigenvalue weighted by Gasteiger charge is 1.97. The molecule has 0 heterocycles. The molecule has 0 saturated carbocycles. The summed E-state index contributed by atoms with van der Waals surface area (Å²) >= 11 is 0. The Hall–Kier alpha value is -0.765. The maximum atomic E-state index is 10.8. The van der Waals surface area contributed by atoms with E-state index in [9.17, 15) is 4.79 Å². The molecule has 0 aliphatic carbocycles. The minimum absolute atomic E-state index is 0.0283. The maximum Gasteiger partial charge on any atom is 0.330 e. The predicted molar refractivity (Wildman–Crippen MR) is 49.3 cm³/mol. The number of hydrogen-bond donors (Lipinski definition) is 0. The summed E-state index contributed by atoms with van der Waals surface area (Å²) in [6.45, 7) is 5.97. The Morgan fingerprint density at radius 3 is 2.83 bits per heavy atom. The summed E-state index contributed by atoms with van der Waals surface area (Å²) in [5.41, 5.74) is 0. The van der Waals surface area contributed by atoms with Crippen molar-refractivity contribution in [3.63, 3.8) is 0 Å². The molecule has 0 spiro atoms. The molecular weight excluding hydrogens is 155 g/mol. The number of carbonyl (C=O) groups is 1. The fraction of sp³-hybridized carbons (Fsp3) is 0.625. The Balaban J connectivity index is 3.65. The molecule has 0 bridgehead atoms. The lowest BCUT2D eigenvalue weighted by Crippen LogP contribution is -2.07. The Bertz CT molecular complexity index is 156. The van der Waals surface area contributed by atoms with Crippen LogP contribution in [0.3, 0.4) is 0 Å². The van der Waals surface area contributed by atoms with Gasteiger partial charge in [0.05, 0.1) is 12.7 Å². The second-order valence-electron chi connectivity index (χ2n) is 2.27. The van der Waals surface area contributed by atoms with Gasteiger partial charge in [-0.05, 0) is 13.8 Å². The molecular formula is C8H15BO3. The van der Waals surface area contributed by atoms with Gasteiger partial charge in [0, 0.05) is 6.08 Å². The first-order chi connectivity index (χ1) is 5.70. The van der Waals surface area contributed by atoms with E-state index in [1.165, 1.54) is 6.08 Å². The molecule has 0 aliphatic heterocycles. The zero-order valence-corrected chi connectivity index (χ0v) is 7.87. The Morgan fingerprint density at radius 2 is 2.33 bits per heavy atom. The van der Waals surface area contributed by atoms with Crippen LogP contribution in [0.4, 0.5) is 0 Å². The standard InChI is InChI=1S/C8H15BO3/c1-4-11-8(10)6-5-7(2)12-9-3/h5-7,9H,4H2,1-3H3/b6-5+. The number of ether oxygens (including phenoxy) is 1. The van der Waals surface area contributed by atoms with E-state index < -0.39 is 0 Å². The molecule has 0 aromatic heterocycles. The van der Waals surface area contributed by atoms with E-state index in [-0.39, 0.29) is 12.1 Å². The third kappa shape index (κ3) is 5.98. The van der Waals surface area contributed by atoms with Crippen molar-refractivity contribution in [2.45, 2.75) is 26.8 Å². The summed E-state index contributed by atoms with van der Waals surface area (Å²) in [6, 6.07) is 0. The van der Waals surface area contributed by atoms with Gasteiger partial charge in [-0.1, -0.05) is 12.9 Å². The van der Waals surface area contributed by atoms with E-state index in [1.807, 2.05) is 13.7 Å². The highest BCUT2D eigenvalue weighted by Crippen LogP contribution is 1.92. The van der Waals surface area contributed by atoms with E-state index in [2.05, 4.69) is 4.74 Å². The number of carbonyl (C=O) groups excluding carboxylic acids is 1. The first-order valence-electron chi connectivity index (χ1n) is 4.17. The van der Waals surface area contributed by atoms with Crippen LogP contribution in [0.15, 0.2) is 12.2 Å². The number of esters is 1. The fourth-order valence-corrected chi connectivity index (χ4v) is 0.723. The van der Waals surface area contributed by atoms with Gasteiger partial charge in [0.2, 0.25) is 0 Å². The summed E-state index contributed by atoms with van der Waals surface area (Å²) < 4.78 is 9.86. The molecule has 0 radical (unpaired) electrons. The summed E-state index contributed by atoms with van der Waals surface area (Å²) in [5, 5.41) is 0. The summed E-state index contributed by atoms with van der Waals surface area (Å²) in [4.78, 5) is 10.8. The van der Waals surface area contributed by atoms with Gasteiger partial charge in [0.15, 0.2) is 0 Å². The van der Waals surface area contributed by atoms with Crippen LogP contribution < -0.4 is 0 Å². The van der Waals surface area contributed by atoms with Gasteiger partial charge in [0.25, 0.3) is 7.48 Å². The molecule has 68 valence electrons. The average molecular weight is 170 g/mol. The monoisotopic (exact) mass is 170 g/mol. The van der Waals surface area contributed by atoms with Gasteiger partial charge in [-0.15, -0.1) is 0 Å². The third-order valence-electron chi connectivity index (χ3n) is 1.22. The zero-order chi connectivity index (χ0) is 9.40. The second-order valence-corrected chi connectivity index (χ2v) is 2.27. The molecule has 0 aliphatic rings. The number of rotatable bonds is 5. The summed E-state index contributed by atoms with van der Waals surface area (Å²) in [6.07, 6.45) is 3.05. The van der Waals surface area contributed by atoms with Crippen LogP contribution in [0.1, 0.15) is 13.8 Å². The van der Waals surface area contributed by atoms with Crippen molar-refractivity contribution < 1.29 is 14.2 Å². The van der Waals surface area contributed by atoms with E-state index in [4.69, 9.17) is 4.65 Å². The van der Waals surface area contributed by atoms with Crippen molar-refractivity contribution in [3.8, 4) is 0 Å². The topological polar surface area (TPSA) is 35.5 Å². The van der Waals surface area contributed by atoms with E-state index >= 15 is 0 Å². The lowest BCUT2D eigenvalue weighted by atomic mass is 10.1. The molecule has 0 saturated heterocycles. The fourth-order valence-electron chi connectivity index (χ4n) is 0.723. The van der Waals surface area contributed by atoms with Crippen LogP contribution in [0.5, 0.6) is 0 Å². The third-order valence-corrected chi connectivity index (χ3v) is 1.22. The highest BCUT2D eigenvalue weighted by atomic mass is 16.5. The number of hydrogen-bond acceptors (Lipinski definition) is 3. The molecule has 12 heavy (non-hydrogen) atoms. The molecule has 0 fully saturated rings. The summed E-state index contributed by atoms with van der Waals surface area (Å²) in [7, 11) is 0.647. The van der Waals surface area contributed by atoms with Crippen LogP contribution in [0.25, 0.3) is 0 Å². The molecule has 1 unspecified atom stereocenters.